The maximum absolute atomic E-state index is 17.1. The molecule has 0 atom stereocenters. The van der Waals surface area contributed by atoms with Crippen LogP contribution in [0.1, 0.15) is 38.9 Å². The molecule has 0 bridgehead atoms. The molecule has 0 fully saturated rings. The van der Waals surface area contributed by atoms with Gasteiger partial charge in [-0.3, -0.25) is 0 Å². The minimum atomic E-state index is -1.72. The van der Waals surface area contributed by atoms with Crippen LogP contribution in [0.2, 0.25) is 0 Å². The van der Waals surface area contributed by atoms with Gasteiger partial charge in [-0.2, -0.15) is 10.5 Å². The summed E-state index contributed by atoms with van der Waals surface area (Å²) in [6.07, 6.45) is 0. The zero-order valence-electron chi connectivity index (χ0n) is 23.2. The molecular weight excluding hydrogens is 634 g/mol. The van der Waals surface area contributed by atoms with Gasteiger partial charge in [-0.1, -0.05) is 0 Å². The highest BCUT2D eigenvalue weighted by Gasteiger charge is 2.45. The van der Waals surface area contributed by atoms with E-state index in [1.54, 1.807) is 0 Å². The van der Waals surface area contributed by atoms with Crippen LogP contribution in [0, 0.1) is 107 Å². The lowest BCUT2D eigenvalue weighted by Gasteiger charge is -2.16. The third kappa shape index (κ3) is 4.18. The fourth-order valence-electron chi connectivity index (χ4n) is 5.56. The summed E-state index contributed by atoms with van der Waals surface area (Å²) in [4.78, 5) is 11.9. The number of hydrogen-bond donors (Lipinski definition) is 0. The summed E-state index contributed by atoms with van der Waals surface area (Å²) in [6.45, 7) is 29.8. The number of halogens is 6. The summed E-state index contributed by atoms with van der Waals surface area (Å²) >= 11 is 0. The second-order valence-electron chi connectivity index (χ2n) is 9.54. The molecule has 3 aromatic rings. The Morgan fingerprint density at radius 1 is 0.542 bits per heavy atom. The zero-order chi connectivity index (χ0) is 35.2. The molecule has 2 aliphatic rings. The van der Waals surface area contributed by atoms with Gasteiger partial charge in [0.05, 0.1) is 61.2 Å². The number of hydrogen-bond acceptors (Lipinski definition) is 4. The normalized spacial score (nSPS) is 14.6. The van der Waals surface area contributed by atoms with Gasteiger partial charge < -0.3 is 0 Å². The molecule has 0 amide bonds. The van der Waals surface area contributed by atoms with Crippen LogP contribution in [0.3, 0.4) is 0 Å². The molecule has 0 N–H and O–H groups in total. The van der Waals surface area contributed by atoms with E-state index in [0.29, 0.717) is 24.3 Å². The van der Waals surface area contributed by atoms with E-state index in [4.69, 9.17) is 31.6 Å². The van der Waals surface area contributed by atoms with Crippen molar-refractivity contribution in [3.8, 4) is 24.3 Å². The van der Waals surface area contributed by atoms with E-state index in [0.717, 1.165) is 0 Å². The molecule has 8 nitrogen and oxygen atoms in total. The molecule has 2 aliphatic carbocycles. The molecule has 3 aromatic carbocycles. The highest BCUT2D eigenvalue weighted by molar-refractivity contribution is 6.29. The average molecular weight is 638 g/mol. The number of nitriles is 4. The first-order chi connectivity index (χ1) is 23.0. The molecule has 0 heterocycles. The molecule has 0 aliphatic heterocycles. The van der Waals surface area contributed by atoms with Crippen molar-refractivity contribution in [1.82, 2.24) is 0 Å². The lowest BCUT2D eigenvalue weighted by Crippen LogP contribution is -2.05. The van der Waals surface area contributed by atoms with E-state index < -0.39 is 124 Å². The van der Waals surface area contributed by atoms with Gasteiger partial charge in [0.25, 0.3) is 11.4 Å². The molecule has 0 unspecified atom stereocenters. The number of nitrogens with zero attached hydrogens (tertiary/aromatic N) is 8. The Kier molecular flexibility index (Phi) is 7.60. The van der Waals surface area contributed by atoms with Crippen LogP contribution in [0.5, 0.6) is 0 Å². The van der Waals surface area contributed by atoms with E-state index in [1.807, 2.05) is 0 Å². The van der Waals surface area contributed by atoms with E-state index in [1.165, 1.54) is 24.3 Å². The Labute approximate surface area is 266 Å². The molecule has 0 saturated carbocycles. The van der Waals surface area contributed by atoms with E-state index in [2.05, 4.69) is 19.4 Å². The van der Waals surface area contributed by atoms with E-state index in [9.17, 15) is 15.8 Å². The lowest BCUT2D eigenvalue weighted by molar-refractivity contribution is 0.576. The van der Waals surface area contributed by atoms with Gasteiger partial charge in [-0.25, -0.2) is 56.2 Å². The summed E-state index contributed by atoms with van der Waals surface area (Å²) in [5, 5.41) is 38.8. The van der Waals surface area contributed by atoms with Gasteiger partial charge in [0, 0.05) is 39.0 Å². The molecular formula is C34H4F6N8. The summed E-state index contributed by atoms with van der Waals surface area (Å²) in [5.74, 6) is -9.47. The topological polar surface area (TPSA) is 113 Å². The molecule has 222 valence electrons. The second-order valence-corrected chi connectivity index (χ2v) is 9.54. The van der Waals surface area contributed by atoms with Crippen LogP contribution in [0.15, 0.2) is 35.7 Å². The summed E-state index contributed by atoms with van der Waals surface area (Å²) in [7, 11) is 0. The van der Waals surface area contributed by atoms with Gasteiger partial charge in [0.15, 0.2) is 5.69 Å². The fraction of sp³-hybridized carbons (Fsp3) is 0. The zero-order valence-corrected chi connectivity index (χ0v) is 23.2. The summed E-state index contributed by atoms with van der Waals surface area (Å²) < 4.78 is 95.5. The number of rotatable bonds is 2. The van der Waals surface area contributed by atoms with E-state index in [-0.39, 0.29) is 0 Å². The van der Waals surface area contributed by atoms with Gasteiger partial charge in [-0.05, 0) is 35.4 Å². The SMILES string of the molecule is [C-]#[N+]C1=C(c2c(F)cc([N+]#[C-])cc2F)/C(=C(/C#N)[N+]#[C-])c2c(F)c3c(c(F)c21)C(C#N)=C(c1c(F)cc(C#N)cc1F)/C3=C(\C#N)[N+]#[C-]. The quantitative estimate of drug-likeness (QED) is 0.159. The Balaban J connectivity index is 2.08. The van der Waals surface area contributed by atoms with Crippen molar-refractivity contribution < 1.29 is 26.3 Å². The Morgan fingerprint density at radius 2 is 1.00 bits per heavy atom. The van der Waals surface area contributed by atoms with Gasteiger partial charge in [0.2, 0.25) is 5.70 Å². The molecule has 5 rings (SSSR count). The van der Waals surface area contributed by atoms with Crippen molar-refractivity contribution in [3.63, 3.8) is 0 Å². The maximum atomic E-state index is 17.1. The number of allylic oxidation sites excluding steroid dienone is 7. The third-order valence-electron chi connectivity index (χ3n) is 7.31. The van der Waals surface area contributed by atoms with Gasteiger partial charge in [0.1, 0.15) is 41.0 Å². The van der Waals surface area contributed by atoms with Crippen molar-refractivity contribution >= 4 is 39.2 Å². The van der Waals surface area contributed by atoms with Crippen LogP contribution >= 0.6 is 0 Å². The van der Waals surface area contributed by atoms with Gasteiger partial charge in [-0.15, -0.1) is 0 Å². The predicted molar refractivity (Wildman–Crippen MR) is 154 cm³/mol. The van der Waals surface area contributed by atoms with Crippen LogP contribution in [-0.4, -0.2) is 0 Å². The van der Waals surface area contributed by atoms with Crippen LogP contribution in [0.25, 0.3) is 52.9 Å². The maximum Gasteiger partial charge on any atom is 0.270 e. The minimum Gasteiger partial charge on any atom is -0.238 e. The van der Waals surface area contributed by atoms with Crippen molar-refractivity contribution in [3.05, 3.63) is 155 Å². The van der Waals surface area contributed by atoms with Crippen molar-refractivity contribution in [2.45, 2.75) is 0 Å². The lowest BCUT2D eigenvalue weighted by atomic mass is 9.89. The van der Waals surface area contributed by atoms with Crippen molar-refractivity contribution in [1.29, 1.82) is 21.0 Å². The van der Waals surface area contributed by atoms with Crippen LogP contribution in [-0.2, 0) is 0 Å². The Hall–Kier alpha value is -7.88. The van der Waals surface area contributed by atoms with Crippen molar-refractivity contribution in [2.24, 2.45) is 0 Å². The van der Waals surface area contributed by atoms with Crippen LogP contribution in [0.4, 0.5) is 32.0 Å². The first kappa shape index (κ1) is 31.5. The van der Waals surface area contributed by atoms with Gasteiger partial charge >= 0.3 is 0 Å². The minimum absolute atomic E-state index is 0.530. The first-order valence-electron chi connectivity index (χ1n) is 12.6. The number of benzene rings is 3. The average Bonchev–Trinajstić information content (AvgIpc) is 3.58. The summed E-state index contributed by atoms with van der Waals surface area (Å²) in [5.41, 5.74) is -15.9. The second kappa shape index (κ2) is 11.6. The van der Waals surface area contributed by atoms with Crippen LogP contribution < -0.4 is 0 Å². The summed E-state index contributed by atoms with van der Waals surface area (Å²) in [6, 6.07) is 7.90. The highest BCUT2D eigenvalue weighted by atomic mass is 19.2. The number of fused-ring (bicyclic) bond motifs is 2. The monoisotopic (exact) mass is 638 g/mol. The smallest absolute Gasteiger partial charge is 0.238 e. The fourth-order valence-corrected chi connectivity index (χ4v) is 5.56. The molecule has 14 heteroatoms. The Morgan fingerprint density at radius 3 is 1.44 bits per heavy atom. The largest absolute Gasteiger partial charge is 0.270 e. The third-order valence-corrected chi connectivity index (χ3v) is 7.31. The standard InChI is InChI=1S/C34H4F6N8/c1-45-14-7-18(37)25(19(38)8-14)30-27(21(12-44)47-3)29-31(34(30)48-4)32(39)23-15(10-42)22(24-16(35)5-13(9-41)6-17(24)36)26(20(11-43)46-2)28(23)33(29)40/h5-8H/b26-20-,27-21-. The van der Waals surface area contributed by atoms with Crippen molar-refractivity contribution in [2.75, 3.05) is 0 Å². The van der Waals surface area contributed by atoms with E-state index >= 15 is 26.3 Å². The molecule has 48 heavy (non-hydrogen) atoms. The molecule has 0 saturated heterocycles. The molecule has 0 radical (unpaired) electrons. The molecule has 0 aromatic heterocycles. The predicted octanol–water partition coefficient (Wildman–Crippen LogP) is 8.50. The first-order valence-corrected chi connectivity index (χ1v) is 12.6. The molecule has 0 spiro atoms. The highest BCUT2D eigenvalue weighted by Crippen LogP contribution is 2.58. The Bertz CT molecular complexity index is 2350.